The zero-order valence-corrected chi connectivity index (χ0v) is 12.5. The van der Waals surface area contributed by atoms with Crippen LogP contribution in [0.5, 0.6) is 5.75 Å². The summed E-state index contributed by atoms with van der Waals surface area (Å²) >= 11 is 3.54. The molecule has 0 bridgehead atoms. The molecule has 1 aromatic carbocycles. The van der Waals surface area contributed by atoms with Gasteiger partial charge >= 0.3 is 0 Å². The Kier molecular flexibility index (Phi) is 6.00. The number of hydrogen-bond donors (Lipinski definition) is 1. The Hall–Kier alpha value is -0.540. The maximum Gasteiger partial charge on any atom is 0.136 e. The maximum absolute atomic E-state index is 5.88. The van der Waals surface area contributed by atoms with E-state index in [4.69, 9.17) is 10.5 Å². The molecule has 1 aromatic rings. The summed E-state index contributed by atoms with van der Waals surface area (Å²) in [4.78, 5) is 0. The summed E-state index contributed by atoms with van der Waals surface area (Å²) in [6.45, 7) is 7.17. The van der Waals surface area contributed by atoms with E-state index in [9.17, 15) is 0 Å². The average Bonchev–Trinajstić information content (AvgIpc) is 2.21. The summed E-state index contributed by atoms with van der Waals surface area (Å²) in [6.07, 6.45) is 1.91. The van der Waals surface area contributed by atoms with Crippen molar-refractivity contribution in [1.82, 2.24) is 0 Å². The lowest BCUT2D eigenvalue weighted by Crippen LogP contribution is -2.18. The molecule has 3 heteroatoms. The van der Waals surface area contributed by atoms with E-state index in [1.54, 1.807) is 0 Å². The van der Waals surface area contributed by atoms with Crippen LogP contribution in [0.4, 0.5) is 0 Å². The van der Waals surface area contributed by atoms with Crippen LogP contribution in [-0.4, -0.2) is 12.6 Å². The van der Waals surface area contributed by atoms with Crippen molar-refractivity contribution < 1.29 is 4.74 Å². The van der Waals surface area contributed by atoms with Crippen LogP contribution in [0.2, 0.25) is 0 Å². The number of nitrogens with two attached hydrogens (primary N) is 1. The lowest BCUT2D eigenvalue weighted by Gasteiger charge is -2.15. The van der Waals surface area contributed by atoms with E-state index in [2.05, 4.69) is 35.8 Å². The molecular weight excluding hydrogens is 278 g/mol. The van der Waals surface area contributed by atoms with Crippen LogP contribution in [0.15, 0.2) is 22.7 Å². The SMILES string of the molecule is CC(C)CCOc1c(Br)cccc1CC(C)N. The number of benzene rings is 1. The predicted octanol–water partition coefficient (Wildman–Crippen LogP) is 3.76. The second-order valence-corrected chi connectivity index (χ2v) is 5.79. The first-order chi connectivity index (χ1) is 8.00. The first-order valence-corrected chi connectivity index (χ1v) is 6.95. The standard InChI is InChI=1S/C14H22BrNO/c1-10(2)7-8-17-14-12(9-11(3)16)5-4-6-13(14)15/h4-6,10-11H,7-9,16H2,1-3H3. The molecule has 1 rings (SSSR count). The molecule has 1 unspecified atom stereocenters. The summed E-state index contributed by atoms with van der Waals surface area (Å²) in [7, 11) is 0. The molecule has 1 atom stereocenters. The van der Waals surface area contributed by atoms with E-state index in [-0.39, 0.29) is 6.04 Å². The van der Waals surface area contributed by atoms with E-state index in [1.807, 2.05) is 19.1 Å². The maximum atomic E-state index is 5.88. The molecule has 2 nitrogen and oxygen atoms in total. The lowest BCUT2D eigenvalue weighted by molar-refractivity contribution is 0.285. The van der Waals surface area contributed by atoms with E-state index in [1.165, 1.54) is 5.56 Å². The van der Waals surface area contributed by atoms with Gasteiger partial charge in [-0.3, -0.25) is 0 Å². The number of ether oxygens (including phenoxy) is 1. The van der Waals surface area contributed by atoms with E-state index in [0.717, 1.165) is 29.7 Å². The van der Waals surface area contributed by atoms with Crippen molar-refractivity contribution in [3.8, 4) is 5.75 Å². The summed E-state index contributed by atoms with van der Waals surface area (Å²) in [5.74, 6) is 1.61. The second kappa shape index (κ2) is 7.02. The highest BCUT2D eigenvalue weighted by molar-refractivity contribution is 9.10. The highest BCUT2D eigenvalue weighted by Gasteiger charge is 2.10. The van der Waals surface area contributed by atoms with E-state index < -0.39 is 0 Å². The van der Waals surface area contributed by atoms with Crippen molar-refractivity contribution in [3.63, 3.8) is 0 Å². The lowest BCUT2D eigenvalue weighted by atomic mass is 10.1. The first kappa shape index (κ1) is 14.5. The van der Waals surface area contributed by atoms with Gasteiger partial charge in [-0.1, -0.05) is 26.0 Å². The van der Waals surface area contributed by atoms with E-state index in [0.29, 0.717) is 5.92 Å². The molecule has 17 heavy (non-hydrogen) atoms. The molecule has 0 amide bonds. The number of halogens is 1. The van der Waals surface area contributed by atoms with Gasteiger partial charge in [0.25, 0.3) is 0 Å². The largest absolute Gasteiger partial charge is 0.492 e. The Morgan fingerprint density at radius 3 is 2.59 bits per heavy atom. The van der Waals surface area contributed by atoms with Gasteiger partial charge in [-0.25, -0.2) is 0 Å². The molecule has 0 fully saturated rings. The first-order valence-electron chi connectivity index (χ1n) is 6.16. The Balaban J connectivity index is 2.73. The van der Waals surface area contributed by atoms with Crippen molar-refractivity contribution in [2.45, 2.75) is 39.7 Å². The Morgan fingerprint density at radius 2 is 2.00 bits per heavy atom. The summed E-state index contributed by atoms with van der Waals surface area (Å²) in [5.41, 5.74) is 7.03. The van der Waals surface area contributed by atoms with Crippen molar-refractivity contribution in [3.05, 3.63) is 28.2 Å². The van der Waals surface area contributed by atoms with Gasteiger partial charge in [-0.15, -0.1) is 0 Å². The molecule has 0 aliphatic carbocycles. The van der Waals surface area contributed by atoms with Crippen LogP contribution in [0, 0.1) is 5.92 Å². The normalized spacial score (nSPS) is 12.8. The molecule has 0 aliphatic rings. The molecule has 0 spiro atoms. The summed E-state index contributed by atoms with van der Waals surface area (Å²) in [6, 6.07) is 6.27. The van der Waals surface area contributed by atoms with Gasteiger partial charge in [0.05, 0.1) is 11.1 Å². The number of rotatable bonds is 6. The molecule has 0 saturated carbocycles. The average molecular weight is 300 g/mol. The van der Waals surface area contributed by atoms with Crippen molar-refractivity contribution in [1.29, 1.82) is 0 Å². The fraction of sp³-hybridized carbons (Fsp3) is 0.571. The van der Waals surface area contributed by atoms with Crippen LogP contribution >= 0.6 is 15.9 Å². The van der Waals surface area contributed by atoms with Gasteiger partial charge in [0.15, 0.2) is 0 Å². The van der Waals surface area contributed by atoms with Gasteiger partial charge in [0, 0.05) is 6.04 Å². The van der Waals surface area contributed by atoms with Gasteiger partial charge in [0.2, 0.25) is 0 Å². The molecule has 0 aliphatic heterocycles. The van der Waals surface area contributed by atoms with E-state index >= 15 is 0 Å². The quantitative estimate of drug-likeness (QED) is 0.868. The summed E-state index contributed by atoms with van der Waals surface area (Å²) in [5, 5.41) is 0. The molecule has 96 valence electrons. The molecule has 2 N–H and O–H groups in total. The molecule has 0 saturated heterocycles. The van der Waals surface area contributed by atoms with Gasteiger partial charge in [0.1, 0.15) is 5.75 Å². The van der Waals surface area contributed by atoms with Crippen LogP contribution in [0.3, 0.4) is 0 Å². The van der Waals surface area contributed by atoms with Crippen molar-refractivity contribution >= 4 is 15.9 Å². The highest BCUT2D eigenvalue weighted by Crippen LogP contribution is 2.30. The zero-order chi connectivity index (χ0) is 12.8. The molecule has 0 heterocycles. The third-order valence-electron chi connectivity index (χ3n) is 2.53. The Bertz CT molecular complexity index is 350. The number of hydrogen-bond acceptors (Lipinski definition) is 2. The van der Waals surface area contributed by atoms with Gasteiger partial charge in [-0.2, -0.15) is 0 Å². The van der Waals surface area contributed by atoms with Crippen molar-refractivity contribution in [2.24, 2.45) is 11.7 Å². The predicted molar refractivity (Wildman–Crippen MR) is 76.4 cm³/mol. The van der Waals surface area contributed by atoms with Crippen LogP contribution < -0.4 is 10.5 Å². The van der Waals surface area contributed by atoms with Crippen molar-refractivity contribution in [2.75, 3.05) is 6.61 Å². The number of para-hydroxylation sites is 1. The molecular formula is C14H22BrNO. The fourth-order valence-corrected chi connectivity index (χ4v) is 2.14. The summed E-state index contributed by atoms with van der Waals surface area (Å²) < 4.78 is 6.89. The smallest absolute Gasteiger partial charge is 0.136 e. The van der Waals surface area contributed by atoms with Gasteiger partial charge in [-0.05, 0) is 53.2 Å². The second-order valence-electron chi connectivity index (χ2n) is 4.94. The minimum Gasteiger partial charge on any atom is -0.492 e. The van der Waals surface area contributed by atoms with Crippen LogP contribution in [-0.2, 0) is 6.42 Å². The van der Waals surface area contributed by atoms with Crippen LogP contribution in [0.25, 0.3) is 0 Å². The molecule has 0 radical (unpaired) electrons. The minimum absolute atomic E-state index is 0.150. The fourth-order valence-electron chi connectivity index (χ4n) is 1.62. The minimum atomic E-state index is 0.150. The zero-order valence-electron chi connectivity index (χ0n) is 10.9. The van der Waals surface area contributed by atoms with Gasteiger partial charge < -0.3 is 10.5 Å². The topological polar surface area (TPSA) is 35.2 Å². The third-order valence-corrected chi connectivity index (χ3v) is 3.16. The Labute approximate surface area is 113 Å². The van der Waals surface area contributed by atoms with Crippen LogP contribution in [0.1, 0.15) is 32.8 Å². The molecule has 0 aromatic heterocycles. The Morgan fingerprint density at radius 1 is 1.29 bits per heavy atom. The highest BCUT2D eigenvalue weighted by atomic mass is 79.9. The third kappa shape index (κ3) is 5.09. The monoisotopic (exact) mass is 299 g/mol.